The highest BCUT2D eigenvalue weighted by molar-refractivity contribution is 6.04. The number of carbonyl (C=O) groups excluding carboxylic acids is 3. The van der Waals surface area contributed by atoms with Gasteiger partial charge in [0.05, 0.1) is 0 Å². The molecule has 0 heterocycles. The minimum atomic E-state index is -0.184. The van der Waals surface area contributed by atoms with Gasteiger partial charge in [0.2, 0.25) is 5.91 Å². The van der Waals surface area contributed by atoms with Gasteiger partial charge in [-0.15, -0.1) is 0 Å². The van der Waals surface area contributed by atoms with E-state index in [-0.39, 0.29) is 30.4 Å². The molecule has 0 spiro atoms. The molecule has 0 unspecified atom stereocenters. The van der Waals surface area contributed by atoms with Gasteiger partial charge >= 0.3 is 0 Å². The molecule has 2 amide bonds. The molecule has 0 aliphatic heterocycles. The fourth-order valence-corrected chi connectivity index (χ4v) is 3.24. The van der Waals surface area contributed by atoms with Gasteiger partial charge < -0.3 is 10.6 Å². The number of Topliss-reactive ketones (excluding diaryl/α,β-unsaturated/α-hetero) is 1. The van der Waals surface area contributed by atoms with Crippen molar-refractivity contribution < 1.29 is 14.4 Å². The summed E-state index contributed by atoms with van der Waals surface area (Å²) in [4.78, 5) is 37.0. The van der Waals surface area contributed by atoms with Crippen LogP contribution in [0.5, 0.6) is 0 Å². The van der Waals surface area contributed by atoms with Crippen molar-refractivity contribution in [3.8, 4) is 0 Å². The third-order valence-electron chi connectivity index (χ3n) is 5.40. The molecule has 0 aromatic heterocycles. The van der Waals surface area contributed by atoms with Crippen LogP contribution < -0.4 is 10.6 Å². The molecule has 0 bridgehead atoms. The second-order valence-electron chi connectivity index (χ2n) is 8.02. The molecule has 0 radical (unpaired) electrons. The van der Waals surface area contributed by atoms with E-state index in [1.54, 1.807) is 24.3 Å². The molecule has 3 aromatic carbocycles. The Morgan fingerprint density at radius 2 is 1.47 bits per heavy atom. The number of rotatable bonds is 8. The summed E-state index contributed by atoms with van der Waals surface area (Å²) in [6.45, 7) is 6.26. The Balaban J connectivity index is 1.49. The van der Waals surface area contributed by atoms with Crippen molar-refractivity contribution in [2.24, 2.45) is 0 Å². The van der Waals surface area contributed by atoms with Crippen LogP contribution >= 0.6 is 0 Å². The Hall–Kier alpha value is -3.73. The number of hydrogen-bond acceptors (Lipinski definition) is 3. The maximum atomic E-state index is 12.4. The molecule has 0 aliphatic rings. The van der Waals surface area contributed by atoms with Crippen LogP contribution in [0.25, 0.3) is 0 Å². The average molecular weight is 429 g/mol. The quantitative estimate of drug-likeness (QED) is 0.488. The first-order chi connectivity index (χ1) is 15.3. The van der Waals surface area contributed by atoms with Gasteiger partial charge in [-0.3, -0.25) is 14.4 Å². The van der Waals surface area contributed by atoms with E-state index < -0.39 is 0 Å². The highest BCUT2D eigenvalue weighted by Gasteiger charge is 2.11. The van der Waals surface area contributed by atoms with Crippen molar-refractivity contribution in [3.05, 3.63) is 100 Å². The van der Waals surface area contributed by atoms with Crippen LogP contribution in [-0.4, -0.2) is 17.6 Å². The maximum absolute atomic E-state index is 12.4. The number of ketones is 1. The lowest BCUT2D eigenvalue weighted by atomic mass is 10.0. The topological polar surface area (TPSA) is 75.3 Å². The van der Waals surface area contributed by atoms with E-state index in [0.29, 0.717) is 23.4 Å². The number of amides is 2. The van der Waals surface area contributed by atoms with Crippen LogP contribution in [0, 0.1) is 20.8 Å². The average Bonchev–Trinajstić information content (AvgIpc) is 2.78. The number of aryl methyl sites for hydroxylation is 3. The Morgan fingerprint density at radius 1 is 0.750 bits per heavy atom. The van der Waals surface area contributed by atoms with Gasteiger partial charge in [-0.05, 0) is 67.8 Å². The molecule has 3 aromatic rings. The van der Waals surface area contributed by atoms with Crippen molar-refractivity contribution in [1.82, 2.24) is 5.32 Å². The van der Waals surface area contributed by atoms with E-state index in [9.17, 15) is 14.4 Å². The number of hydrogen-bond donors (Lipinski definition) is 2. The molecule has 5 heteroatoms. The Labute approximate surface area is 188 Å². The zero-order valence-electron chi connectivity index (χ0n) is 18.7. The molecule has 0 aliphatic carbocycles. The van der Waals surface area contributed by atoms with E-state index in [4.69, 9.17) is 0 Å². The third-order valence-corrected chi connectivity index (χ3v) is 5.40. The normalized spacial score (nSPS) is 10.5. The summed E-state index contributed by atoms with van der Waals surface area (Å²) >= 11 is 0. The van der Waals surface area contributed by atoms with Crippen LogP contribution in [0.1, 0.15) is 55.8 Å². The molecule has 2 N–H and O–H groups in total. The number of benzene rings is 3. The standard InChI is InChI=1S/C27H28N2O3/c1-18-7-10-22(11-8-18)27(32)29-24-6-4-5-21(16-24)17-28-26(31)14-13-25(30)23-12-9-19(2)20(3)15-23/h4-12,15-16H,13-14,17H2,1-3H3,(H,28,31)(H,29,32). The Bertz CT molecular complexity index is 1130. The minimum absolute atomic E-state index is 0.0379. The van der Waals surface area contributed by atoms with Gasteiger partial charge in [-0.2, -0.15) is 0 Å². The van der Waals surface area contributed by atoms with Crippen LogP contribution in [-0.2, 0) is 11.3 Å². The minimum Gasteiger partial charge on any atom is -0.352 e. The summed E-state index contributed by atoms with van der Waals surface area (Å²) in [7, 11) is 0. The number of anilines is 1. The monoisotopic (exact) mass is 428 g/mol. The third kappa shape index (κ3) is 6.38. The predicted octanol–water partition coefficient (Wildman–Crippen LogP) is 5.14. The Morgan fingerprint density at radius 3 is 2.19 bits per heavy atom. The highest BCUT2D eigenvalue weighted by Crippen LogP contribution is 2.14. The van der Waals surface area contributed by atoms with Gasteiger partial charge in [0.1, 0.15) is 0 Å². The van der Waals surface area contributed by atoms with Crippen molar-refractivity contribution in [1.29, 1.82) is 0 Å². The zero-order valence-corrected chi connectivity index (χ0v) is 18.7. The van der Waals surface area contributed by atoms with E-state index in [2.05, 4.69) is 10.6 Å². The second kappa shape index (κ2) is 10.5. The molecule has 32 heavy (non-hydrogen) atoms. The summed E-state index contributed by atoms with van der Waals surface area (Å²) in [5.74, 6) is -0.406. The summed E-state index contributed by atoms with van der Waals surface area (Å²) in [6, 6.07) is 20.3. The summed E-state index contributed by atoms with van der Waals surface area (Å²) in [5, 5.41) is 5.72. The van der Waals surface area contributed by atoms with Crippen LogP contribution in [0.4, 0.5) is 5.69 Å². The summed E-state index contributed by atoms with van der Waals surface area (Å²) in [5.41, 5.74) is 6.04. The van der Waals surface area contributed by atoms with Crippen LogP contribution in [0.2, 0.25) is 0 Å². The molecular weight excluding hydrogens is 400 g/mol. The lowest BCUT2D eigenvalue weighted by Crippen LogP contribution is -2.23. The first-order valence-electron chi connectivity index (χ1n) is 10.7. The molecule has 0 fully saturated rings. The smallest absolute Gasteiger partial charge is 0.255 e. The molecule has 164 valence electrons. The van der Waals surface area contributed by atoms with Crippen molar-refractivity contribution in [2.45, 2.75) is 40.2 Å². The van der Waals surface area contributed by atoms with Gasteiger partial charge in [0.15, 0.2) is 5.78 Å². The van der Waals surface area contributed by atoms with Crippen LogP contribution in [0.3, 0.4) is 0 Å². The predicted molar refractivity (Wildman–Crippen MR) is 127 cm³/mol. The van der Waals surface area contributed by atoms with Gasteiger partial charge in [-0.1, -0.05) is 42.0 Å². The molecule has 5 nitrogen and oxygen atoms in total. The number of carbonyl (C=O) groups is 3. The van der Waals surface area contributed by atoms with Gasteiger partial charge in [0.25, 0.3) is 5.91 Å². The van der Waals surface area contributed by atoms with Gasteiger partial charge in [-0.25, -0.2) is 0 Å². The summed E-state index contributed by atoms with van der Waals surface area (Å²) < 4.78 is 0. The highest BCUT2D eigenvalue weighted by atomic mass is 16.2. The van der Waals surface area contributed by atoms with Crippen LogP contribution in [0.15, 0.2) is 66.7 Å². The van der Waals surface area contributed by atoms with Crippen molar-refractivity contribution in [2.75, 3.05) is 5.32 Å². The molecule has 0 saturated heterocycles. The molecular formula is C27H28N2O3. The SMILES string of the molecule is Cc1ccc(C(=O)Nc2cccc(CNC(=O)CCC(=O)c3ccc(C)c(C)c3)c2)cc1. The fourth-order valence-electron chi connectivity index (χ4n) is 3.24. The van der Waals surface area contributed by atoms with E-state index in [0.717, 1.165) is 22.3 Å². The van der Waals surface area contributed by atoms with Crippen molar-refractivity contribution >= 4 is 23.3 Å². The van der Waals surface area contributed by atoms with E-state index in [1.807, 2.05) is 63.2 Å². The zero-order chi connectivity index (χ0) is 23.1. The summed E-state index contributed by atoms with van der Waals surface area (Å²) in [6.07, 6.45) is 0.302. The van der Waals surface area contributed by atoms with E-state index in [1.165, 1.54) is 0 Å². The maximum Gasteiger partial charge on any atom is 0.255 e. The van der Waals surface area contributed by atoms with Gasteiger partial charge in [0, 0.05) is 36.2 Å². The fraction of sp³-hybridized carbons (Fsp3) is 0.222. The lowest BCUT2D eigenvalue weighted by Gasteiger charge is -2.09. The van der Waals surface area contributed by atoms with E-state index >= 15 is 0 Å². The lowest BCUT2D eigenvalue weighted by molar-refractivity contribution is -0.121. The Kier molecular flexibility index (Phi) is 7.55. The molecule has 0 saturated carbocycles. The first-order valence-corrected chi connectivity index (χ1v) is 10.7. The molecule has 3 rings (SSSR count). The number of nitrogens with one attached hydrogen (secondary N) is 2. The first kappa shape index (κ1) is 22.9. The second-order valence-corrected chi connectivity index (χ2v) is 8.02. The largest absolute Gasteiger partial charge is 0.352 e. The van der Waals surface area contributed by atoms with Crippen molar-refractivity contribution in [3.63, 3.8) is 0 Å². The molecule has 0 atom stereocenters.